The largest absolute Gasteiger partial charge is 0.369 e. The molecule has 0 bridgehead atoms. The Morgan fingerprint density at radius 2 is 1.89 bits per heavy atom. The number of benzene rings is 1. The fraction of sp³-hybridized carbons (Fsp3) is 0.600. The lowest BCUT2D eigenvalue weighted by molar-refractivity contribution is 0.700. The molecule has 3 heteroatoms. The van der Waals surface area contributed by atoms with Crippen molar-refractivity contribution in [3.05, 3.63) is 29.8 Å². The average molecular weight is 264 g/mol. The van der Waals surface area contributed by atoms with E-state index in [4.69, 9.17) is 0 Å². The summed E-state index contributed by atoms with van der Waals surface area (Å²) in [6.45, 7) is 11.1. The molecule has 2 unspecified atom stereocenters. The summed E-state index contributed by atoms with van der Waals surface area (Å²) in [5.41, 5.74) is 2.84. The zero-order valence-corrected chi connectivity index (χ0v) is 12.5. The van der Waals surface area contributed by atoms with E-state index in [-0.39, 0.29) is 0 Å². The lowest BCUT2D eigenvalue weighted by Gasteiger charge is -2.37. The van der Waals surface area contributed by atoms with Gasteiger partial charge in [-0.3, -0.25) is 0 Å². The number of rotatable bonds is 4. The van der Waals surface area contributed by atoms with E-state index in [0.717, 1.165) is 36.7 Å². The molecule has 1 saturated heterocycles. The van der Waals surface area contributed by atoms with E-state index >= 15 is 0 Å². The SMILES string of the molecule is CCNCc1ccccc1N1CC(C)SC(C)C1. The maximum absolute atomic E-state index is 3.43. The number of para-hydroxylation sites is 1. The summed E-state index contributed by atoms with van der Waals surface area (Å²) in [5, 5.41) is 4.88. The second kappa shape index (κ2) is 6.48. The third kappa shape index (κ3) is 3.42. The lowest BCUT2D eigenvalue weighted by Crippen LogP contribution is -2.41. The van der Waals surface area contributed by atoms with Crippen LogP contribution < -0.4 is 10.2 Å². The van der Waals surface area contributed by atoms with Crippen molar-refractivity contribution in [3.63, 3.8) is 0 Å². The van der Waals surface area contributed by atoms with Crippen molar-refractivity contribution in [1.29, 1.82) is 0 Å². The molecule has 2 nitrogen and oxygen atoms in total. The maximum Gasteiger partial charge on any atom is 0.0412 e. The molecule has 0 amide bonds. The van der Waals surface area contributed by atoms with Crippen LogP contribution in [0.15, 0.2) is 24.3 Å². The van der Waals surface area contributed by atoms with Crippen molar-refractivity contribution < 1.29 is 0 Å². The second-order valence-electron chi connectivity index (χ2n) is 5.07. The summed E-state index contributed by atoms with van der Waals surface area (Å²) < 4.78 is 0. The van der Waals surface area contributed by atoms with Crippen LogP contribution in [0.2, 0.25) is 0 Å². The van der Waals surface area contributed by atoms with E-state index in [9.17, 15) is 0 Å². The fourth-order valence-corrected chi connectivity index (χ4v) is 3.93. The molecule has 18 heavy (non-hydrogen) atoms. The molecule has 1 aromatic rings. The van der Waals surface area contributed by atoms with Crippen LogP contribution >= 0.6 is 11.8 Å². The molecule has 100 valence electrons. The Labute approximate surface area is 115 Å². The number of hydrogen-bond donors (Lipinski definition) is 1. The Morgan fingerprint density at radius 3 is 2.56 bits per heavy atom. The number of nitrogens with one attached hydrogen (secondary N) is 1. The Morgan fingerprint density at radius 1 is 1.22 bits per heavy atom. The van der Waals surface area contributed by atoms with Gasteiger partial charge in [-0.15, -0.1) is 0 Å². The highest BCUT2D eigenvalue weighted by Gasteiger charge is 2.23. The van der Waals surface area contributed by atoms with Crippen LogP contribution in [0.1, 0.15) is 26.3 Å². The van der Waals surface area contributed by atoms with Crippen molar-refractivity contribution in [2.24, 2.45) is 0 Å². The fourth-order valence-electron chi connectivity index (χ4n) is 2.60. The third-order valence-corrected chi connectivity index (χ3v) is 4.54. The van der Waals surface area contributed by atoms with Crippen LogP contribution in [-0.4, -0.2) is 30.1 Å². The number of hydrogen-bond acceptors (Lipinski definition) is 3. The van der Waals surface area contributed by atoms with Gasteiger partial charge in [0.1, 0.15) is 0 Å². The summed E-state index contributed by atoms with van der Waals surface area (Å²) in [6.07, 6.45) is 0. The molecular weight excluding hydrogens is 240 g/mol. The van der Waals surface area contributed by atoms with Gasteiger partial charge in [0.15, 0.2) is 0 Å². The van der Waals surface area contributed by atoms with Crippen LogP contribution in [0.3, 0.4) is 0 Å². The lowest BCUT2D eigenvalue weighted by atomic mass is 10.1. The highest BCUT2D eigenvalue weighted by atomic mass is 32.2. The molecule has 2 rings (SSSR count). The summed E-state index contributed by atoms with van der Waals surface area (Å²) in [7, 11) is 0. The normalized spacial score (nSPS) is 24.3. The minimum atomic E-state index is 0.723. The highest BCUT2D eigenvalue weighted by Crippen LogP contribution is 2.30. The van der Waals surface area contributed by atoms with E-state index < -0.39 is 0 Å². The van der Waals surface area contributed by atoms with E-state index in [1.807, 2.05) is 0 Å². The first-order valence-corrected chi connectivity index (χ1v) is 7.84. The van der Waals surface area contributed by atoms with E-state index in [1.165, 1.54) is 11.3 Å². The predicted molar refractivity (Wildman–Crippen MR) is 82.6 cm³/mol. The first kappa shape index (κ1) is 13.8. The van der Waals surface area contributed by atoms with Gasteiger partial charge in [-0.1, -0.05) is 39.0 Å². The van der Waals surface area contributed by atoms with Crippen LogP contribution in [0.5, 0.6) is 0 Å². The van der Waals surface area contributed by atoms with Crippen LogP contribution in [0, 0.1) is 0 Å². The Hall–Kier alpha value is -0.670. The molecule has 0 aromatic heterocycles. The van der Waals surface area contributed by atoms with Gasteiger partial charge < -0.3 is 10.2 Å². The maximum atomic E-state index is 3.43. The molecule has 0 spiro atoms. The molecule has 1 fully saturated rings. The smallest absolute Gasteiger partial charge is 0.0412 e. The molecule has 1 N–H and O–H groups in total. The van der Waals surface area contributed by atoms with Gasteiger partial charge >= 0.3 is 0 Å². The van der Waals surface area contributed by atoms with Crippen molar-refractivity contribution in [3.8, 4) is 0 Å². The number of nitrogens with zero attached hydrogens (tertiary/aromatic N) is 1. The summed E-state index contributed by atoms with van der Waals surface area (Å²) in [6, 6.07) is 8.81. The van der Waals surface area contributed by atoms with Gasteiger partial charge in [-0.2, -0.15) is 11.8 Å². The van der Waals surface area contributed by atoms with Gasteiger partial charge in [-0.25, -0.2) is 0 Å². The Bertz CT molecular complexity index is 371. The second-order valence-corrected chi connectivity index (χ2v) is 6.95. The molecule has 1 heterocycles. The summed E-state index contributed by atoms with van der Waals surface area (Å²) >= 11 is 2.11. The van der Waals surface area contributed by atoms with E-state index in [2.05, 4.69) is 67.0 Å². The van der Waals surface area contributed by atoms with Crippen molar-refractivity contribution in [2.75, 3.05) is 24.5 Å². The van der Waals surface area contributed by atoms with Crippen LogP contribution in [-0.2, 0) is 6.54 Å². The topological polar surface area (TPSA) is 15.3 Å². The molecule has 0 aliphatic carbocycles. The van der Waals surface area contributed by atoms with Crippen LogP contribution in [0.4, 0.5) is 5.69 Å². The summed E-state index contributed by atoms with van der Waals surface area (Å²) in [5.74, 6) is 0. The van der Waals surface area contributed by atoms with Crippen molar-refractivity contribution in [1.82, 2.24) is 5.32 Å². The highest BCUT2D eigenvalue weighted by molar-refractivity contribution is 8.00. The Kier molecular flexibility index (Phi) is 4.95. The van der Waals surface area contributed by atoms with E-state index in [0.29, 0.717) is 0 Å². The van der Waals surface area contributed by atoms with Gasteiger partial charge in [0.05, 0.1) is 0 Å². The van der Waals surface area contributed by atoms with Gasteiger partial charge in [0.2, 0.25) is 0 Å². The molecule has 0 radical (unpaired) electrons. The van der Waals surface area contributed by atoms with E-state index in [1.54, 1.807) is 0 Å². The molecule has 1 aromatic carbocycles. The molecule has 2 atom stereocenters. The minimum Gasteiger partial charge on any atom is -0.369 e. The zero-order valence-electron chi connectivity index (χ0n) is 11.6. The number of anilines is 1. The number of thioether (sulfide) groups is 1. The standard InChI is InChI=1S/C15H24N2S/c1-4-16-9-14-7-5-6-8-15(14)17-10-12(2)18-13(3)11-17/h5-8,12-13,16H,4,9-11H2,1-3H3. The quantitative estimate of drug-likeness (QED) is 0.899. The van der Waals surface area contributed by atoms with Crippen molar-refractivity contribution >= 4 is 17.4 Å². The van der Waals surface area contributed by atoms with Crippen LogP contribution in [0.25, 0.3) is 0 Å². The summed E-state index contributed by atoms with van der Waals surface area (Å²) in [4.78, 5) is 2.55. The van der Waals surface area contributed by atoms with Gasteiger partial charge in [-0.05, 0) is 18.2 Å². The van der Waals surface area contributed by atoms with Gasteiger partial charge in [0.25, 0.3) is 0 Å². The Balaban J connectivity index is 2.15. The molecule has 1 aliphatic rings. The van der Waals surface area contributed by atoms with Crippen molar-refractivity contribution in [2.45, 2.75) is 37.8 Å². The first-order valence-electron chi connectivity index (χ1n) is 6.89. The van der Waals surface area contributed by atoms with Gasteiger partial charge in [0, 0.05) is 35.8 Å². The minimum absolute atomic E-state index is 0.723. The third-order valence-electron chi connectivity index (χ3n) is 3.32. The monoisotopic (exact) mass is 264 g/mol. The predicted octanol–water partition coefficient (Wildman–Crippen LogP) is 3.13. The average Bonchev–Trinajstić information content (AvgIpc) is 2.35. The molecule has 1 aliphatic heterocycles. The molecule has 0 saturated carbocycles. The first-order chi connectivity index (χ1) is 8.70. The molecular formula is C15H24N2S. The zero-order chi connectivity index (χ0) is 13.0.